The zero-order chi connectivity index (χ0) is 31.4. The van der Waals surface area contributed by atoms with E-state index in [1.54, 1.807) is 18.6 Å². The second kappa shape index (κ2) is 18.0. The third kappa shape index (κ3) is 11.4. The van der Waals surface area contributed by atoms with Crippen LogP contribution in [-0.4, -0.2) is 25.7 Å². The van der Waals surface area contributed by atoms with Crippen LogP contribution in [0.25, 0.3) is 32.7 Å². The Morgan fingerprint density at radius 1 is 0.682 bits per heavy atom. The van der Waals surface area contributed by atoms with Crippen molar-refractivity contribution in [3.05, 3.63) is 90.0 Å². The van der Waals surface area contributed by atoms with Gasteiger partial charge in [-0.25, -0.2) is 0 Å². The van der Waals surface area contributed by atoms with Gasteiger partial charge in [-0.2, -0.15) is 0 Å². The maximum Gasteiger partial charge on any atom is 0.0851 e. The molecule has 5 nitrogen and oxygen atoms in total. The van der Waals surface area contributed by atoms with Crippen LogP contribution in [-0.2, 0) is 30.0 Å². The van der Waals surface area contributed by atoms with Gasteiger partial charge in [0.05, 0.1) is 21.6 Å². The number of fused-ring (bicyclic) bond motifs is 3. The number of nitrogens with zero attached hydrogens (tertiary/aromatic N) is 4. The molecule has 230 valence electrons. The summed E-state index contributed by atoms with van der Waals surface area (Å²) in [5.41, 5.74) is 6.92. The molecule has 0 amide bonds. The Morgan fingerprint density at radius 3 is 1.84 bits per heavy atom. The molecule has 0 unspecified atom stereocenters. The van der Waals surface area contributed by atoms with Gasteiger partial charge in [-0.15, -0.1) is 24.0 Å². The number of halogens is 4. The van der Waals surface area contributed by atoms with E-state index in [4.69, 9.17) is 37.2 Å². The van der Waals surface area contributed by atoms with Gasteiger partial charge >= 0.3 is 49.6 Å². The Balaban J connectivity index is 0.000000153. The first-order chi connectivity index (χ1) is 21.2. The summed E-state index contributed by atoms with van der Waals surface area (Å²) in [6, 6.07) is 15.9. The minimum absolute atomic E-state index is 0.464. The molecule has 1 saturated carbocycles. The largest absolute Gasteiger partial charge is 0.256 e. The standard InChI is InChI=1S/C16H14N2S.C10H8N2S.C6H10O.4ClH.Ti/c1-2-7-14-12(5-1)15-16(19-14)11(8-10-18-15)13-6-3-4-9-17-13;13-10-7-11-6-4-8(10)9-3-1-2-5-12-9;7-6-4-2-1-3-5-6;;;;;/h3-4,6,8-10H,1-2,5,7H2;1-7,13H;1-5H2;4*1H;/q;;;;;;;+4/p-4. The van der Waals surface area contributed by atoms with Crippen molar-refractivity contribution in [2.24, 2.45) is 0 Å². The van der Waals surface area contributed by atoms with Gasteiger partial charge in [-0.1, -0.05) is 18.6 Å². The van der Waals surface area contributed by atoms with Gasteiger partial charge in [0.15, 0.2) is 0 Å². The average molecular weight is 742 g/mol. The van der Waals surface area contributed by atoms with Crippen LogP contribution in [0.2, 0.25) is 0 Å². The maximum absolute atomic E-state index is 10.5. The summed E-state index contributed by atoms with van der Waals surface area (Å²) in [5, 5.41) is 0. The zero-order valence-corrected chi connectivity index (χ0v) is 30.2. The number of carbonyl (C=O) groups excluding carboxylic acids is 1. The molecule has 0 atom stereocenters. The summed E-state index contributed by atoms with van der Waals surface area (Å²) < 4.78 is 1.31. The number of ketones is 1. The molecule has 0 aliphatic heterocycles. The van der Waals surface area contributed by atoms with Crippen LogP contribution >= 0.6 is 61.2 Å². The van der Waals surface area contributed by atoms with E-state index in [-0.39, 0.29) is 0 Å². The van der Waals surface area contributed by atoms with E-state index in [0.29, 0.717) is 5.78 Å². The van der Waals surface area contributed by atoms with Crippen molar-refractivity contribution in [2.45, 2.75) is 62.7 Å². The molecule has 44 heavy (non-hydrogen) atoms. The quantitative estimate of drug-likeness (QED) is 0.144. The second-order valence-electron chi connectivity index (χ2n) is 10.1. The number of thiophene rings is 1. The third-order valence-electron chi connectivity index (χ3n) is 6.93. The van der Waals surface area contributed by atoms with Gasteiger partial charge in [0.25, 0.3) is 0 Å². The number of aryl methyl sites for hydroxylation is 2. The summed E-state index contributed by atoms with van der Waals surface area (Å²) in [6.45, 7) is 0. The fraction of sp³-hybridized carbons (Fsp3) is 0.281. The molecule has 5 aromatic rings. The van der Waals surface area contributed by atoms with Crippen molar-refractivity contribution in [1.82, 2.24) is 19.9 Å². The normalized spacial score (nSPS) is 14.2. The molecule has 0 N–H and O–H groups in total. The smallest absolute Gasteiger partial charge is 0.0851 e. The summed E-state index contributed by atoms with van der Waals surface area (Å²) in [6.07, 6.45) is 19.3. The molecule has 0 radical (unpaired) electrons. The fourth-order valence-electron chi connectivity index (χ4n) is 4.93. The predicted octanol–water partition coefficient (Wildman–Crippen LogP) is 10.9. The van der Waals surface area contributed by atoms with E-state index in [1.807, 2.05) is 60.1 Å². The van der Waals surface area contributed by atoms with Crippen LogP contribution in [0, 0.1) is 0 Å². The molecule has 7 rings (SSSR count). The van der Waals surface area contributed by atoms with Crippen molar-refractivity contribution >= 4 is 77.2 Å². The van der Waals surface area contributed by atoms with E-state index in [2.05, 4.69) is 44.7 Å². The number of hydrogen-bond donors (Lipinski definition) is 1. The Kier molecular flexibility index (Phi) is 14.4. The molecule has 0 bridgehead atoms. The van der Waals surface area contributed by atoms with Gasteiger partial charge < -0.3 is 0 Å². The van der Waals surface area contributed by atoms with Gasteiger partial charge in [-0.05, 0) is 80.5 Å². The fourth-order valence-corrected chi connectivity index (χ4v) is 6.55. The first-order valence-corrected chi connectivity index (χ1v) is 24.2. The number of pyridine rings is 4. The van der Waals surface area contributed by atoms with Crippen LogP contribution in [0.5, 0.6) is 0 Å². The Labute approximate surface area is 287 Å². The molecular weight excluding hydrogens is 710 g/mol. The number of thiol groups is 1. The second-order valence-corrected chi connectivity index (χ2v) is 27.2. The van der Waals surface area contributed by atoms with E-state index in [1.165, 1.54) is 58.3 Å². The Bertz CT molecular complexity index is 1620. The van der Waals surface area contributed by atoms with Crippen molar-refractivity contribution in [3.8, 4) is 22.5 Å². The predicted molar refractivity (Wildman–Crippen MR) is 186 cm³/mol. The first kappa shape index (κ1) is 35.3. The molecule has 2 aliphatic rings. The molecule has 0 saturated heterocycles. The minimum Gasteiger partial charge on any atom is -0.256 e. The first-order valence-electron chi connectivity index (χ1n) is 14.3. The average Bonchev–Trinajstić information content (AvgIpc) is 3.41. The van der Waals surface area contributed by atoms with Crippen molar-refractivity contribution in [2.75, 3.05) is 0 Å². The number of hydrogen-bond acceptors (Lipinski definition) is 7. The van der Waals surface area contributed by atoms with Crippen molar-refractivity contribution in [1.29, 1.82) is 0 Å². The molecule has 2 aliphatic carbocycles. The maximum atomic E-state index is 10.5. The van der Waals surface area contributed by atoms with Crippen LogP contribution in [0.15, 0.2) is 84.4 Å². The van der Waals surface area contributed by atoms with E-state index >= 15 is 0 Å². The summed E-state index contributed by atoms with van der Waals surface area (Å²) in [5.74, 6) is 0.464. The molecule has 12 heteroatoms. The molecule has 5 aromatic heterocycles. The van der Waals surface area contributed by atoms with E-state index in [9.17, 15) is 4.79 Å². The number of rotatable bonds is 2. The summed E-state index contributed by atoms with van der Waals surface area (Å²) >= 11 is 3.11. The third-order valence-corrected chi connectivity index (χ3v) is 8.60. The van der Waals surface area contributed by atoms with E-state index < -0.39 is 12.3 Å². The van der Waals surface area contributed by atoms with E-state index in [0.717, 1.165) is 47.5 Å². The molecular formula is C32H32Cl4N4OS2Ti. The summed E-state index contributed by atoms with van der Waals surface area (Å²) in [7, 11) is 20.1. The SMILES string of the molecule is O=C1CCCCC1.Sc1cnccc1-c1ccccn1.[Cl][Ti]([Cl])([Cl])[Cl].c1ccc(-c2ccnc3c4c(sc23)CCCC4)nc1. The van der Waals surface area contributed by atoms with Crippen LogP contribution < -0.4 is 0 Å². The topological polar surface area (TPSA) is 68.6 Å². The number of Topliss-reactive ketones (excluding diaryl/α,β-unsaturated/α-hetero) is 1. The van der Waals surface area contributed by atoms with Gasteiger partial charge in [0, 0.05) is 64.7 Å². The zero-order valence-electron chi connectivity index (χ0n) is 23.9. The van der Waals surface area contributed by atoms with Crippen LogP contribution in [0.1, 0.15) is 55.4 Å². The monoisotopic (exact) mass is 740 g/mol. The Hall–Kier alpha value is -1.55. The van der Waals surface area contributed by atoms with Gasteiger partial charge in [0.1, 0.15) is 5.78 Å². The van der Waals surface area contributed by atoms with Gasteiger partial charge in [0.2, 0.25) is 0 Å². The van der Waals surface area contributed by atoms with Crippen LogP contribution in [0.3, 0.4) is 0 Å². The van der Waals surface area contributed by atoms with Crippen molar-refractivity contribution in [3.63, 3.8) is 0 Å². The number of carbonyl (C=O) groups is 1. The molecule has 0 spiro atoms. The number of aromatic nitrogens is 4. The molecule has 5 heterocycles. The minimum atomic E-state index is -3.11. The molecule has 1 fully saturated rings. The molecule has 0 aromatic carbocycles. The van der Waals surface area contributed by atoms with Crippen molar-refractivity contribution < 1.29 is 17.1 Å². The summed E-state index contributed by atoms with van der Waals surface area (Å²) in [4.78, 5) is 30.2. The van der Waals surface area contributed by atoms with Gasteiger partial charge in [-0.3, -0.25) is 24.7 Å². The Morgan fingerprint density at radius 2 is 1.27 bits per heavy atom. The van der Waals surface area contributed by atoms with Crippen LogP contribution in [0.4, 0.5) is 0 Å².